The minimum atomic E-state index is -1.81. The summed E-state index contributed by atoms with van der Waals surface area (Å²) in [5.74, 6) is 1.93. The monoisotopic (exact) mass is 359 g/mol. The highest BCUT2D eigenvalue weighted by molar-refractivity contribution is 5.49. The maximum atomic E-state index is 8.88. The molecule has 1 heterocycles. The Kier molecular flexibility index (Phi) is 5.66. The Morgan fingerprint density at radius 3 is 2.35 bits per heavy atom. The highest BCUT2D eigenvalue weighted by Gasteiger charge is 2.27. The number of hydrogen-bond donors (Lipinski definition) is 2. The van der Waals surface area contributed by atoms with Gasteiger partial charge in [0.25, 0.3) is 0 Å². The second kappa shape index (κ2) is 7.95. The second-order valence-electron chi connectivity index (χ2n) is 6.44. The third kappa shape index (κ3) is 3.93. The fourth-order valence-electron chi connectivity index (χ4n) is 3.47. The van der Waals surface area contributed by atoms with Crippen LogP contribution in [0.15, 0.2) is 36.4 Å². The molecule has 0 spiro atoms. The molecule has 0 saturated heterocycles. The lowest BCUT2D eigenvalue weighted by Crippen LogP contribution is -2.33. The lowest BCUT2D eigenvalue weighted by atomic mass is 9.88. The quantitative estimate of drug-likeness (QED) is 0.770. The molecule has 26 heavy (non-hydrogen) atoms. The molecule has 0 fully saturated rings. The van der Waals surface area contributed by atoms with E-state index >= 15 is 0 Å². The maximum absolute atomic E-state index is 8.88. The summed E-state index contributed by atoms with van der Waals surface area (Å²) in [6, 6.07) is 11.8. The molecule has 0 saturated carbocycles. The number of aliphatic hydroxyl groups is 2. The average molecular weight is 359 g/mol. The summed E-state index contributed by atoms with van der Waals surface area (Å²) in [5.41, 5.74) is 3.68. The van der Waals surface area contributed by atoms with Crippen LogP contribution in [0.5, 0.6) is 17.2 Å². The Morgan fingerprint density at radius 2 is 1.73 bits per heavy atom. The van der Waals surface area contributed by atoms with Crippen LogP contribution in [-0.4, -0.2) is 49.4 Å². The topological polar surface area (TPSA) is 71.4 Å². The maximum Gasteiger partial charge on any atom is 0.310 e. The summed E-state index contributed by atoms with van der Waals surface area (Å²) >= 11 is 0. The van der Waals surface area contributed by atoms with E-state index < -0.39 is 6.48 Å². The van der Waals surface area contributed by atoms with Crippen molar-refractivity contribution in [2.24, 2.45) is 0 Å². The lowest BCUT2D eigenvalue weighted by molar-refractivity contribution is -0.179. The number of likely N-dealkylation sites (N-methyl/N-ethyl adjacent to an activating group) is 1. The van der Waals surface area contributed by atoms with E-state index in [1.165, 1.54) is 11.1 Å². The van der Waals surface area contributed by atoms with E-state index in [-0.39, 0.29) is 6.04 Å². The number of ether oxygens (including phenoxy) is 3. The van der Waals surface area contributed by atoms with Crippen LogP contribution in [0.3, 0.4) is 0 Å². The highest BCUT2D eigenvalue weighted by Crippen LogP contribution is 2.38. The molecule has 1 aliphatic rings. The number of fused-ring (bicyclic) bond motifs is 1. The molecule has 2 aromatic carbocycles. The van der Waals surface area contributed by atoms with E-state index in [1.807, 2.05) is 12.1 Å². The van der Waals surface area contributed by atoms with Gasteiger partial charge in [0, 0.05) is 12.6 Å². The molecular weight excluding hydrogens is 334 g/mol. The highest BCUT2D eigenvalue weighted by atomic mass is 16.7. The van der Waals surface area contributed by atoms with E-state index in [9.17, 15) is 0 Å². The molecule has 0 unspecified atom stereocenters. The molecule has 1 atom stereocenters. The van der Waals surface area contributed by atoms with Gasteiger partial charge in [0.1, 0.15) is 5.75 Å². The normalized spacial score (nSPS) is 17.1. The van der Waals surface area contributed by atoms with Crippen molar-refractivity contribution in [1.82, 2.24) is 4.90 Å². The van der Waals surface area contributed by atoms with E-state index in [2.05, 4.69) is 24.1 Å². The molecule has 0 radical (unpaired) electrons. The number of aliphatic hydroxyl groups excluding tert-OH is 1. The van der Waals surface area contributed by atoms with Gasteiger partial charge in [-0.15, -0.1) is 0 Å². The van der Waals surface area contributed by atoms with Gasteiger partial charge in [0.2, 0.25) is 0 Å². The van der Waals surface area contributed by atoms with Gasteiger partial charge in [-0.2, -0.15) is 0 Å². The van der Waals surface area contributed by atoms with Gasteiger partial charge >= 0.3 is 6.48 Å². The van der Waals surface area contributed by atoms with Gasteiger partial charge in [-0.3, -0.25) is 4.90 Å². The number of nitrogens with zero attached hydrogens (tertiary/aromatic N) is 1. The number of benzene rings is 2. The lowest BCUT2D eigenvalue weighted by Gasteiger charge is -2.35. The van der Waals surface area contributed by atoms with E-state index in [4.69, 9.17) is 24.4 Å². The van der Waals surface area contributed by atoms with Crippen LogP contribution in [0.1, 0.15) is 22.7 Å². The molecule has 0 bridgehead atoms. The number of methoxy groups -OCH3 is 2. The summed E-state index contributed by atoms with van der Waals surface area (Å²) < 4.78 is 15.8. The summed E-state index contributed by atoms with van der Waals surface area (Å²) in [4.78, 5) is 2.34. The van der Waals surface area contributed by atoms with Crippen molar-refractivity contribution in [2.45, 2.75) is 25.4 Å². The fraction of sp³-hybridized carbons (Fsp3) is 0.400. The third-order valence-electron chi connectivity index (χ3n) is 4.86. The Labute approximate surface area is 153 Å². The number of hydrogen-bond acceptors (Lipinski definition) is 6. The zero-order valence-electron chi connectivity index (χ0n) is 15.3. The molecule has 140 valence electrons. The molecule has 1 aliphatic heterocycles. The van der Waals surface area contributed by atoms with Gasteiger partial charge in [0.05, 0.1) is 14.2 Å². The molecule has 0 aliphatic carbocycles. The zero-order chi connectivity index (χ0) is 18.7. The van der Waals surface area contributed by atoms with Crippen molar-refractivity contribution in [3.63, 3.8) is 0 Å². The molecule has 6 heteroatoms. The van der Waals surface area contributed by atoms with Crippen LogP contribution in [0.25, 0.3) is 0 Å². The molecule has 0 aromatic heterocycles. The minimum absolute atomic E-state index is 0.230. The van der Waals surface area contributed by atoms with Crippen molar-refractivity contribution < 1.29 is 24.4 Å². The van der Waals surface area contributed by atoms with Gasteiger partial charge in [-0.05, 0) is 60.8 Å². The Hall–Kier alpha value is -2.28. The van der Waals surface area contributed by atoms with Crippen molar-refractivity contribution >= 4 is 0 Å². The summed E-state index contributed by atoms with van der Waals surface area (Å²) in [6.07, 6.45) is 1.81. The largest absolute Gasteiger partial charge is 0.493 e. The van der Waals surface area contributed by atoms with Crippen molar-refractivity contribution in [1.29, 1.82) is 0 Å². The molecule has 6 nitrogen and oxygen atoms in total. The summed E-state index contributed by atoms with van der Waals surface area (Å²) in [6.45, 7) is -0.829. The molecule has 3 rings (SSSR count). The average Bonchev–Trinajstić information content (AvgIpc) is 2.64. The summed E-state index contributed by atoms with van der Waals surface area (Å²) in [5, 5.41) is 17.8. The zero-order valence-corrected chi connectivity index (χ0v) is 15.3. The van der Waals surface area contributed by atoms with Gasteiger partial charge in [-0.1, -0.05) is 12.1 Å². The van der Waals surface area contributed by atoms with Crippen LogP contribution in [0.4, 0.5) is 0 Å². The Morgan fingerprint density at radius 1 is 1.08 bits per heavy atom. The van der Waals surface area contributed by atoms with Crippen molar-refractivity contribution in [3.8, 4) is 17.2 Å². The smallest absolute Gasteiger partial charge is 0.310 e. The van der Waals surface area contributed by atoms with Crippen LogP contribution in [0.2, 0.25) is 0 Å². The Balaban J connectivity index is 1.86. The fourth-order valence-corrected chi connectivity index (χ4v) is 3.47. The van der Waals surface area contributed by atoms with Gasteiger partial charge in [0.15, 0.2) is 11.5 Å². The summed E-state index contributed by atoms with van der Waals surface area (Å²) in [7, 11) is 5.44. The predicted octanol–water partition coefficient (Wildman–Crippen LogP) is 2.12. The van der Waals surface area contributed by atoms with Crippen molar-refractivity contribution in [3.05, 3.63) is 53.1 Å². The van der Waals surface area contributed by atoms with Gasteiger partial charge in [-0.25, -0.2) is 0 Å². The molecule has 0 amide bonds. The van der Waals surface area contributed by atoms with Crippen LogP contribution >= 0.6 is 0 Å². The SMILES string of the molecule is COc1cc2c(cc1OC)[C@@H](Cc1ccc(OC(O)O)cc1)N(C)CC2. The van der Waals surface area contributed by atoms with E-state index in [0.717, 1.165) is 36.4 Å². The van der Waals surface area contributed by atoms with Crippen LogP contribution in [-0.2, 0) is 12.8 Å². The van der Waals surface area contributed by atoms with Gasteiger partial charge < -0.3 is 24.4 Å². The first kappa shape index (κ1) is 18.5. The first-order valence-electron chi connectivity index (χ1n) is 8.58. The second-order valence-corrected chi connectivity index (χ2v) is 6.44. The third-order valence-corrected chi connectivity index (χ3v) is 4.86. The molecular formula is C20H25NO5. The standard InChI is InChI=1S/C20H25NO5/c1-21-9-8-14-11-18(24-2)19(25-3)12-16(14)17(21)10-13-4-6-15(7-5-13)26-20(22)23/h4-7,11-12,17,20,22-23H,8-10H2,1-3H3/t17-/m1/s1. The molecule has 2 aromatic rings. The first-order valence-corrected chi connectivity index (χ1v) is 8.58. The first-order chi connectivity index (χ1) is 12.5. The molecule has 2 N–H and O–H groups in total. The Bertz CT molecular complexity index is 745. The van der Waals surface area contributed by atoms with E-state index in [1.54, 1.807) is 26.4 Å². The van der Waals surface area contributed by atoms with Crippen LogP contribution < -0.4 is 14.2 Å². The van der Waals surface area contributed by atoms with E-state index in [0.29, 0.717) is 5.75 Å². The minimum Gasteiger partial charge on any atom is -0.493 e. The van der Waals surface area contributed by atoms with Crippen molar-refractivity contribution in [2.75, 3.05) is 27.8 Å². The number of rotatable bonds is 6. The van der Waals surface area contributed by atoms with Crippen LogP contribution in [0, 0.1) is 0 Å². The predicted molar refractivity (Wildman–Crippen MR) is 97.6 cm³/mol.